The number of fused-ring (bicyclic) bond motifs is 1. The van der Waals surface area contributed by atoms with E-state index in [9.17, 15) is 9.59 Å². The highest BCUT2D eigenvalue weighted by atomic mass is 16.5. The van der Waals surface area contributed by atoms with Gasteiger partial charge in [0.1, 0.15) is 11.5 Å². The molecule has 2 aliphatic rings. The molecule has 4 heteroatoms. The second-order valence-electron chi connectivity index (χ2n) is 5.28. The average Bonchev–Trinajstić information content (AvgIpc) is 2.44. The number of hydrogen-bond acceptors (Lipinski definition) is 3. The predicted octanol–water partition coefficient (Wildman–Crippen LogP) is 2.27. The second kappa shape index (κ2) is 4.68. The molecule has 3 rings (SSSR count). The summed E-state index contributed by atoms with van der Waals surface area (Å²) in [6.07, 6.45) is 3.17. The quantitative estimate of drug-likeness (QED) is 0.777. The first-order valence-electron chi connectivity index (χ1n) is 6.70. The van der Waals surface area contributed by atoms with Crippen LogP contribution >= 0.6 is 0 Å². The normalized spacial score (nSPS) is 20.2. The molecule has 1 amide bonds. The molecule has 0 saturated heterocycles. The van der Waals surface area contributed by atoms with E-state index in [0.29, 0.717) is 24.5 Å². The Kier molecular flexibility index (Phi) is 3.01. The Morgan fingerprint density at radius 1 is 1.21 bits per heavy atom. The van der Waals surface area contributed by atoms with Crippen LogP contribution in [-0.2, 0) is 9.59 Å². The van der Waals surface area contributed by atoms with Crippen molar-refractivity contribution in [3.05, 3.63) is 23.8 Å². The number of hydrogen-bond donors (Lipinski definition) is 0. The molecule has 4 nitrogen and oxygen atoms in total. The maximum absolute atomic E-state index is 11.6. The van der Waals surface area contributed by atoms with Crippen molar-refractivity contribution in [1.29, 1.82) is 0 Å². The van der Waals surface area contributed by atoms with E-state index in [-0.39, 0.29) is 12.5 Å². The lowest BCUT2D eigenvalue weighted by atomic mass is 9.83. The zero-order chi connectivity index (χ0) is 13.4. The number of ketones is 1. The van der Waals surface area contributed by atoms with Gasteiger partial charge in [-0.25, -0.2) is 0 Å². The van der Waals surface area contributed by atoms with Crippen molar-refractivity contribution in [2.45, 2.75) is 31.6 Å². The van der Waals surface area contributed by atoms with Crippen LogP contribution in [0.25, 0.3) is 0 Å². The topological polar surface area (TPSA) is 46.6 Å². The summed E-state index contributed by atoms with van der Waals surface area (Å²) in [5.74, 6) is 1.53. The van der Waals surface area contributed by atoms with Gasteiger partial charge in [0.15, 0.2) is 6.61 Å². The predicted molar refractivity (Wildman–Crippen MR) is 71.6 cm³/mol. The molecule has 100 valence electrons. The molecule has 1 aliphatic carbocycles. The highest BCUT2D eigenvalue weighted by Gasteiger charge is 2.25. The van der Waals surface area contributed by atoms with Crippen LogP contribution in [0.5, 0.6) is 5.75 Å². The lowest BCUT2D eigenvalue weighted by molar-refractivity contribution is -0.121. The minimum atomic E-state index is -0.0246. The van der Waals surface area contributed by atoms with E-state index in [4.69, 9.17) is 4.74 Å². The van der Waals surface area contributed by atoms with Crippen LogP contribution in [0.15, 0.2) is 18.2 Å². The summed E-state index contributed by atoms with van der Waals surface area (Å²) in [5, 5.41) is 0. The van der Waals surface area contributed by atoms with Gasteiger partial charge in [-0.15, -0.1) is 0 Å². The highest BCUT2D eigenvalue weighted by molar-refractivity contribution is 5.97. The van der Waals surface area contributed by atoms with Gasteiger partial charge in [-0.1, -0.05) is 6.07 Å². The van der Waals surface area contributed by atoms with Gasteiger partial charge >= 0.3 is 0 Å². The Hall–Kier alpha value is -1.84. The summed E-state index contributed by atoms with van der Waals surface area (Å²) >= 11 is 0. The van der Waals surface area contributed by atoms with Crippen molar-refractivity contribution < 1.29 is 14.3 Å². The van der Waals surface area contributed by atoms with Gasteiger partial charge in [-0.05, 0) is 36.5 Å². The minimum absolute atomic E-state index is 0.0246. The van der Waals surface area contributed by atoms with Crippen molar-refractivity contribution in [3.63, 3.8) is 0 Å². The smallest absolute Gasteiger partial charge is 0.264 e. The molecule has 1 fully saturated rings. The third-order valence-corrected chi connectivity index (χ3v) is 4.08. The number of ether oxygens (including phenoxy) is 1. The van der Waals surface area contributed by atoms with Gasteiger partial charge in [0.2, 0.25) is 0 Å². The summed E-state index contributed by atoms with van der Waals surface area (Å²) in [5.41, 5.74) is 2.04. The standard InChI is InChI=1S/C15H17NO3/c1-16-13-8-11(10-2-5-12(17)6-3-10)4-7-14(13)19-9-15(16)18/h4,7-8,10H,2-3,5-6,9H2,1H3. The van der Waals surface area contributed by atoms with Crippen LogP contribution < -0.4 is 9.64 Å². The Labute approximate surface area is 112 Å². The highest BCUT2D eigenvalue weighted by Crippen LogP contribution is 2.37. The van der Waals surface area contributed by atoms with E-state index in [1.165, 1.54) is 5.56 Å². The summed E-state index contributed by atoms with van der Waals surface area (Å²) in [4.78, 5) is 24.6. The average molecular weight is 259 g/mol. The minimum Gasteiger partial charge on any atom is -0.482 e. The van der Waals surface area contributed by atoms with Gasteiger partial charge in [0, 0.05) is 19.9 Å². The van der Waals surface area contributed by atoms with Gasteiger partial charge in [0.25, 0.3) is 5.91 Å². The molecule has 1 aliphatic heterocycles. The van der Waals surface area contributed by atoms with Crippen LogP contribution in [0.4, 0.5) is 5.69 Å². The molecule has 19 heavy (non-hydrogen) atoms. The van der Waals surface area contributed by atoms with Crippen molar-refractivity contribution >= 4 is 17.4 Å². The lowest BCUT2D eigenvalue weighted by Crippen LogP contribution is -2.35. The summed E-state index contributed by atoms with van der Waals surface area (Å²) < 4.78 is 5.42. The van der Waals surface area contributed by atoms with E-state index in [2.05, 4.69) is 6.07 Å². The number of amides is 1. The van der Waals surface area contributed by atoms with E-state index >= 15 is 0 Å². The maximum Gasteiger partial charge on any atom is 0.264 e. The largest absolute Gasteiger partial charge is 0.482 e. The summed E-state index contributed by atoms with van der Waals surface area (Å²) in [7, 11) is 1.78. The first-order valence-corrected chi connectivity index (χ1v) is 6.70. The van der Waals surface area contributed by atoms with E-state index in [0.717, 1.165) is 24.3 Å². The number of carbonyl (C=O) groups excluding carboxylic acids is 2. The number of carbonyl (C=O) groups is 2. The van der Waals surface area contributed by atoms with Gasteiger partial charge < -0.3 is 9.64 Å². The van der Waals surface area contributed by atoms with E-state index in [1.807, 2.05) is 12.1 Å². The van der Waals surface area contributed by atoms with E-state index in [1.54, 1.807) is 11.9 Å². The fraction of sp³-hybridized carbons (Fsp3) is 0.467. The monoisotopic (exact) mass is 259 g/mol. The van der Waals surface area contributed by atoms with Crippen LogP contribution in [0.1, 0.15) is 37.2 Å². The molecular weight excluding hydrogens is 242 g/mol. The third-order valence-electron chi connectivity index (χ3n) is 4.08. The Bertz CT molecular complexity index is 528. The van der Waals surface area contributed by atoms with Crippen LogP contribution in [0.2, 0.25) is 0 Å². The first kappa shape index (κ1) is 12.2. The van der Waals surface area contributed by atoms with Crippen molar-refractivity contribution in [2.24, 2.45) is 0 Å². The fourth-order valence-electron chi connectivity index (χ4n) is 2.82. The molecule has 1 aromatic carbocycles. The van der Waals surface area contributed by atoms with Crippen molar-refractivity contribution in [3.8, 4) is 5.75 Å². The molecule has 0 bridgehead atoms. The number of nitrogens with zero attached hydrogens (tertiary/aromatic N) is 1. The molecule has 0 N–H and O–H groups in total. The number of Topliss-reactive ketones (excluding diaryl/α,β-unsaturated/α-hetero) is 1. The number of anilines is 1. The second-order valence-corrected chi connectivity index (χ2v) is 5.28. The van der Waals surface area contributed by atoms with Gasteiger partial charge in [0.05, 0.1) is 5.69 Å². The summed E-state index contributed by atoms with van der Waals surface area (Å²) in [6.45, 7) is 0.112. The maximum atomic E-state index is 11.6. The van der Waals surface area contributed by atoms with Gasteiger partial charge in [-0.3, -0.25) is 9.59 Å². The Morgan fingerprint density at radius 3 is 2.68 bits per heavy atom. The molecule has 1 heterocycles. The number of benzene rings is 1. The zero-order valence-corrected chi connectivity index (χ0v) is 11.0. The van der Waals surface area contributed by atoms with E-state index < -0.39 is 0 Å². The molecule has 1 aromatic rings. The summed E-state index contributed by atoms with van der Waals surface area (Å²) in [6, 6.07) is 6.03. The SMILES string of the molecule is CN1C(=O)COc2ccc(C3CCC(=O)CC3)cc21. The fourth-order valence-corrected chi connectivity index (χ4v) is 2.82. The lowest BCUT2D eigenvalue weighted by Gasteiger charge is -2.28. The molecule has 0 spiro atoms. The van der Waals surface area contributed by atoms with Crippen LogP contribution in [-0.4, -0.2) is 25.3 Å². The Balaban J connectivity index is 1.88. The molecule has 0 unspecified atom stereocenters. The number of likely N-dealkylation sites (N-methyl/N-ethyl adjacent to an activating group) is 1. The Morgan fingerprint density at radius 2 is 1.95 bits per heavy atom. The van der Waals surface area contributed by atoms with Crippen LogP contribution in [0, 0.1) is 0 Å². The molecule has 0 aromatic heterocycles. The number of rotatable bonds is 1. The van der Waals surface area contributed by atoms with Crippen molar-refractivity contribution in [1.82, 2.24) is 0 Å². The first-order chi connectivity index (χ1) is 9.15. The molecular formula is C15H17NO3. The van der Waals surface area contributed by atoms with Crippen LogP contribution in [0.3, 0.4) is 0 Å². The molecule has 0 atom stereocenters. The molecule has 1 saturated carbocycles. The van der Waals surface area contributed by atoms with Gasteiger partial charge in [-0.2, -0.15) is 0 Å². The third kappa shape index (κ3) is 2.23. The van der Waals surface area contributed by atoms with Crippen molar-refractivity contribution in [2.75, 3.05) is 18.6 Å². The zero-order valence-electron chi connectivity index (χ0n) is 11.0. The molecule has 0 radical (unpaired) electrons.